The number of nitrogens with one attached hydrogen (secondary N) is 1. The molecule has 1 amide bonds. The fourth-order valence-corrected chi connectivity index (χ4v) is 3.05. The normalized spacial score (nSPS) is 12.2. The first-order valence-electron chi connectivity index (χ1n) is 8.83. The highest BCUT2D eigenvalue weighted by atomic mass is 32.2. The average molecular weight is 362 g/mol. The summed E-state index contributed by atoms with van der Waals surface area (Å²) in [5, 5.41) is 11.5. The maximum atomic E-state index is 12.0. The van der Waals surface area contributed by atoms with Gasteiger partial charge in [0, 0.05) is 11.6 Å². The second kappa shape index (κ2) is 9.61. The number of hydrogen-bond acceptors (Lipinski definition) is 5. The highest BCUT2D eigenvalue weighted by Crippen LogP contribution is 2.24. The van der Waals surface area contributed by atoms with E-state index in [1.165, 1.54) is 35.7 Å². The van der Waals surface area contributed by atoms with Crippen molar-refractivity contribution in [2.24, 2.45) is 0 Å². The van der Waals surface area contributed by atoms with Crippen LogP contribution in [0.15, 0.2) is 27.8 Å². The summed E-state index contributed by atoms with van der Waals surface area (Å²) < 4.78 is 5.66. The molecule has 5 nitrogen and oxygen atoms in total. The molecule has 1 heterocycles. The summed E-state index contributed by atoms with van der Waals surface area (Å²) in [5.74, 6) is 0.769. The largest absolute Gasteiger partial charge is 0.411 e. The molecule has 0 unspecified atom stereocenters. The van der Waals surface area contributed by atoms with Crippen molar-refractivity contribution < 1.29 is 9.21 Å². The van der Waals surface area contributed by atoms with Crippen LogP contribution < -0.4 is 5.32 Å². The van der Waals surface area contributed by atoms with Gasteiger partial charge in [0.25, 0.3) is 5.22 Å². The molecule has 0 saturated carbocycles. The zero-order chi connectivity index (χ0) is 18.2. The number of hydrogen-bond donors (Lipinski definition) is 1. The maximum Gasteiger partial charge on any atom is 0.277 e. The van der Waals surface area contributed by atoms with Gasteiger partial charge in [0.2, 0.25) is 11.8 Å². The van der Waals surface area contributed by atoms with Crippen LogP contribution in [-0.2, 0) is 4.79 Å². The van der Waals surface area contributed by atoms with E-state index < -0.39 is 0 Å². The van der Waals surface area contributed by atoms with Gasteiger partial charge in [-0.05, 0) is 50.5 Å². The predicted molar refractivity (Wildman–Crippen MR) is 102 cm³/mol. The lowest BCUT2D eigenvalue weighted by Crippen LogP contribution is -2.33. The van der Waals surface area contributed by atoms with E-state index in [0.717, 1.165) is 18.4 Å². The van der Waals surface area contributed by atoms with Crippen LogP contribution in [0, 0.1) is 13.8 Å². The van der Waals surface area contributed by atoms with Gasteiger partial charge in [0.05, 0.1) is 5.75 Å². The standard InChI is InChI=1S/C19H27N3O2S/c1-5-6-7-8-15(4)20-17(23)12-25-19-22-21-18(24-19)16-10-9-13(2)14(3)11-16/h9-11,15H,5-8,12H2,1-4H3,(H,20,23)/t15-/m0/s1. The van der Waals surface area contributed by atoms with Crippen molar-refractivity contribution in [2.75, 3.05) is 5.75 Å². The van der Waals surface area contributed by atoms with E-state index in [9.17, 15) is 4.79 Å². The van der Waals surface area contributed by atoms with Gasteiger partial charge in [-0.1, -0.05) is 44.0 Å². The van der Waals surface area contributed by atoms with Crippen LogP contribution in [0.25, 0.3) is 11.5 Å². The van der Waals surface area contributed by atoms with Gasteiger partial charge in [-0.15, -0.1) is 10.2 Å². The minimum Gasteiger partial charge on any atom is -0.411 e. The van der Waals surface area contributed by atoms with Gasteiger partial charge in [0.15, 0.2) is 0 Å². The number of nitrogens with zero attached hydrogens (tertiary/aromatic N) is 2. The summed E-state index contributed by atoms with van der Waals surface area (Å²) in [6, 6.07) is 6.24. The fourth-order valence-electron chi connectivity index (χ4n) is 2.48. The Bertz CT molecular complexity index is 700. The molecule has 0 saturated heterocycles. The summed E-state index contributed by atoms with van der Waals surface area (Å²) in [6.07, 6.45) is 4.56. The minimum atomic E-state index is -0.0000659. The van der Waals surface area contributed by atoms with Crippen LogP contribution in [0.1, 0.15) is 50.7 Å². The zero-order valence-electron chi connectivity index (χ0n) is 15.5. The minimum absolute atomic E-state index is 0.0000659. The number of rotatable bonds is 9. The lowest BCUT2D eigenvalue weighted by molar-refractivity contribution is -0.119. The van der Waals surface area contributed by atoms with Gasteiger partial charge in [0.1, 0.15) is 0 Å². The van der Waals surface area contributed by atoms with Crippen LogP contribution in [-0.4, -0.2) is 27.9 Å². The molecular formula is C19H27N3O2S. The second-order valence-electron chi connectivity index (χ2n) is 6.43. The highest BCUT2D eigenvalue weighted by Gasteiger charge is 2.13. The van der Waals surface area contributed by atoms with Crippen molar-refractivity contribution in [3.05, 3.63) is 29.3 Å². The summed E-state index contributed by atoms with van der Waals surface area (Å²) in [6.45, 7) is 8.34. The first-order valence-corrected chi connectivity index (χ1v) is 9.81. The Morgan fingerprint density at radius 2 is 2.04 bits per heavy atom. The van der Waals surface area contributed by atoms with Crippen molar-refractivity contribution >= 4 is 17.7 Å². The SMILES string of the molecule is CCCCC[C@H](C)NC(=O)CSc1nnc(-c2ccc(C)c(C)c2)o1. The van der Waals surface area contributed by atoms with Gasteiger partial charge in [-0.25, -0.2) is 0 Å². The molecule has 1 atom stereocenters. The van der Waals surface area contributed by atoms with E-state index in [-0.39, 0.29) is 17.7 Å². The number of carbonyl (C=O) groups excluding carboxylic acids is 1. The van der Waals surface area contributed by atoms with Crippen LogP contribution in [0.3, 0.4) is 0 Å². The Morgan fingerprint density at radius 1 is 1.24 bits per heavy atom. The van der Waals surface area contributed by atoms with Crippen molar-refractivity contribution in [3.8, 4) is 11.5 Å². The van der Waals surface area contributed by atoms with Crippen molar-refractivity contribution in [1.29, 1.82) is 0 Å². The number of aromatic nitrogens is 2. The van der Waals surface area contributed by atoms with Crippen LogP contribution in [0.5, 0.6) is 0 Å². The van der Waals surface area contributed by atoms with Crippen LogP contribution in [0.2, 0.25) is 0 Å². The molecule has 1 N–H and O–H groups in total. The molecule has 1 aromatic heterocycles. The van der Waals surface area contributed by atoms with E-state index in [2.05, 4.69) is 36.3 Å². The highest BCUT2D eigenvalue weighted by molar-refractivity contribution is 7.99. The molecule has 6 heteroatoms. The fraction of sp³-hybridized carbons (Fsp3) is 0.526. The van der Waals surface area contributed by atoms with Gasteiger partial charge >= 0.3 is 0 Å². The number of benzene rings is 1. The monoisotopic (exact) mass is 361 g/mol. The number of unbranched alkanes of at least 4 members (excludes halogenated alkanes) is 2. The molecule has 0 aliphatic carbocycles. The first kappa shape index (κ1) is 19.5. The number of aryl methyl sites for hydroxylation is 2. The second-order valence-corrected chi connectivity index (χ2v) is 7.35. The lowest BCUT2D eigenvalue weighted by atomic mass is 10.1. The van der Waals surface area contributed by atoms with Crippen molar-refractivity contribution in [1.82, 2.24) is 15.5 Å². The smallest absolute Gasteiger partial charge is 0.277 e. The number of thioether (sulfide) groups is 1. The summed E-state index contributed by atoms with van der Waals surface area (Å²) in [5.41, 5.74) is 3.31. The maximum absolute atomic E-state index is 12.0. The van der Waals surface area contributed by atoms with Crippen molar-refractivity contribution in [2.45, 2.75) is 64.6 Å². The Morgan fingerprint density at radius 3 is 2.76 bits per heavy atom. The summed E-state index contributed by atoms with van der Waals surface area (Å²) in [7, 11) is 0. The van der Waals surface area contributed by atoms with Gasteiger partial charge in [-0.2, -0.15) is 0 Å². The molecule has 0 radical (unpaired) electrons. The van der Waals surface area contributed by atoms with Gasteiger partial charge < -0.3 is 9.73 Å². The first-order chi connectivity index (χ1) is 12.0. The van der Waals surface area contributed by atoms with Crippen LogP contribution in [0.4, 0.5) is 0 Å². The molecule has 136 valence electrons. The van der Waals surface area contributed by atoms with E-state index >= 15 is 0 Å². The molecule has 2 aromatic rings. The number of amides is 1. The Balaban J connectivity index is 1.82. The third-order valence-electron chi connectivity index (χ3n) is 4.14. The van der Waals surface area contributed by atoms with Crippen LogP contribution >= 0.6 is 11.8 Å². The molecule has 25 heavy (non-hydrogen) atoms. The molecule has 0 aliphatic rings. The predicted octanol–water partition coefficient (Wildman–Crippen LogP) is 4.53. The lowest BCUT2D eigenvalue weighted by Gasteiger charge is -2.12. The topological polar surface area (TPSA) is 68.0 Å². The van der Waals surface area contributed by atoms with E-state index in [0.29, 0.717) is 11.1 Å². The molecule has 0 aliphatic heterocycles. The third kappa shape index (κ3) is 6.20. The zero-order valence-corrected chi connectivity index (χ0v) is 16.3. The molecule has 1 aromatic carbocycles. The quantitative estimate of drug-likeness (QED) is 0.525. The summed E-state index contributed by atoms with van der Waals surface area (Å²) in [4.78, 5) is 12.0. The molecule has 2 rings (SSSR count). The Labute approximate surface area is 154 Å². The summed E-state index contributed by atoms with van der Waals surface area (Å²) >= 11 is 1.27. The Kier molecular flexibility index (Phi) is 7.50. The van der Waals surface area contributed by atoms with Crippen molar-refractivity contribution in [3.63, 3.8) is 0 Å². The van der Waals surface area contributed by atoms with E-state index in [4.69, 9.17) is 4.42 Å². The molecule has 0 spiro atoms. The molecule has 0 bridgehead atoms. The molecular weight excluding hydrogens is 334 g/mol. The van der Waals surface area contributed by atoms with Gasteiger partial charge in [-0.3, -0.25) is 4.79 Å². The molecule has 0 fully saturated rings. The Hall–Kier alpha value is -1.82. The van der Waals surface area contributed by atoms with E-state index in [1.54, 1.807) is 0 Å². The van der Waals surface area contributed by atoms with E-state index in [1.807, 2.05) is 25.1 Å². The third-order valence-corrected chi connectivity index (χ3v) is 4.95. The average Bonchev–Trinajstić information content (AvgIpc) is 3.05. The number of carbonyl (C=O) groups is 1.